The SMILES string of the molecule is COc1cc(Oc2cc(Br)cc(F)c2F)ccc1N. The van der Waals surface area contributed by atoms with E-state index in [9.17, 15) is 8.78 Å². The van der Waals surface area contributed by atoms with Crippen molar-refractivity contribution in [3.05, 3.63) is 46.4 Å². The molecule has 19 heavy (non-hydrogen) atoms. The lowest BCUT2D eigenvalue weighted by molar-refractivity contribution is 0.400. The molecule has 0 aliphatic rings. The largest absolute Gasteiger partial charge is 0.494 e. The lowest BCUT2D eigenvalue weighted by Gasteiger charge is -2.10. The van der Waals surface area contributed by atoms with E-state index in [1.165, 1.54) is 25.3 Å². The Morgan fingerprint density at radius 1 is 1.11 bits per heavy atom. The van der Waals surface area contributed by atoms with Crippen LogP contribution in [0.15, 0.2) is 34.8 Å². The first kappa shape index (κ1) is 13.6. The quantitative estimate of drug-likeness (QED) is 0.680. The molecule has 3 nitrogen and oxygen atoms in total. The van der Waals surface area contributed by atoms with Crippen molar-refractivity contribution in [2.45, 2.75) is 0 Å². The van der Waals surface area contributed by atoms with Crippen molar-refractivity contribution in [3.63, 3.8) is 0 Å². The molecule has 0 bridgehead atoms. The van der Waals surface area contributed by atoms with Crippen LogP contribution in [0.3, 0.4) is 0 Å². The van der Waals surface area contributed by atoms with E-state index in [0.29, 0.717) is 21.7 Å². The van der Waals surface area contributed by atoms with Gasteiger partial charge >= 0.3 is 0 Å². The summed E-state index contributed by atoms with van der Waals surface area (Å²) >= 11 is 3.07. The van der Waals surface area contributed by atoms with Crippen LogP contribution in [0, 0.1) is 11.6 Å². The molecule has 2 aromatic carbocycles. The van der Waals surface area contributed by atoms with Gasteiger partial charge < -0.3 is 15.2 Å². The number of methoxy groups -OCH3 is 1. The van der Waals surface area contributed by atoms with Gasteiger partial charge in [-0.05, 0) is 24.3 Å². The van der Waals surface area contributed by atoms with Gasteiger partial charge in [0.1, 0.15) is 11.5 Å². The maximum atomic E-state index is 13.6. The van der Waals surface area contributed by atoms with Crippen LogP contribution < -0.4 is 15.2 Å². The minimum Gasteiger partial charge on any atom is -0.494 e. The molecule has 2 N–H and O–H groups in total. The van der Waals surface area contributed by atoms with Crippen molar-refractivity contribution in [3.8, 4) is 17.2 Å². The molecular formula is C13H10BrF2NO2. The highest BCUT2D eigenvalue weighted by molar-refractivity contribution is 9.10. The van der Waals surface area contributed by atoms with Gasteiger partial charge in [-0.15, -0.1) is 0 Å². The molecule has 6 heteroatoms. The number of ether oxygens (including phenoxy) is 2. The summed E-state index contributed by atoms with van der Waals surface area (Å²) in [6.45, 7) is 0. The highest BCUT2D eigenvalue weighted by atomic mass is 79.9. The molecule has 2 rings (SSSR count). The van der Waals surface area contributed by atoms with Gasteiger partial charge in [0, 0.05) is 10.5 Å². The van der Waals surface area contributed by atoms with Crippen LogP contribution in [0.1, 0.15) is 0 Å². The highest BCUT2D eigenvalue weighted by Crippen LogP contribution is 2.33. The number of hydrogen-bond acceptors (Lipinski definition) is 3. The lowest BCUT2D eigenvalue weighted by atomic mass is 10.2. The second-order valence-corrected chi connectivity index (χ2v) is 4.62. The summed E-state index contributed by atoms with van der Waals surface area (Å²) in [6.07, 6.45) is 0. The van der Waals surface area contributed by atoms with E-state index < -0.39 is 11.6 Å². The molecule has 0 aromatic heterocycles. The van der Waals surface area contributed by atoms with Gasteiger partial charge in [-0.25, -0.2) is 4.39 Å². The van der Waals surface area contributed by atoms with Gasteiger partial charge in [0.25, 0.3) is 0 Å². The molecule has 0 saturated heterocycles. The fraction of sp³-hybridized carbons (Fsp3) is 0.0769. The summed E-state index contributed by atoms with van der Waals surface area (Å²) in [6, 6.07) is 6.94. The van der Waals surface area contributed by atoms with Crippen LogP contribution in [0.5, 0.6) is 17.2 Å². The first-order chi connectivity index (χ1) is 9.01. The van der Waals surface area contributed by atoms with Crippen molar-refractivity contribution in [1.29, 1.82) is 0 Å². The zero-order valence-electron chi connectivity index (χ0n) is 9.91. The summed E-state index contributed by atoms with van der Waals surface area (Å²) in [5.74, 6) is -1.58. The minimum atomic E-state index is -1.06. The summed E-state index contributed by atoms with van der Waals surface area (Å²) in [5, 5.41) is 0. The summed E-state index contributed by atoms with van der Waals surface area (Å²) < 4.78 is 37.5. The van der Waals surface area contributed by atoms with Crippen LogP contribution in [0.4, 0.5) is 14.5 Å². The Labute approximate surface area is 117 Å². The molecular weight excluding hydrogens is 320 g/mol. The molecule has 0 aliphatic carbocycles. The van der Waals surface area contributed by atoms with Gasteiger partial charge in [-0.1, -0.05) is 15.9 Å². The monoisotopic (exact) mass is 329 g/mol. The third-order valence-corrected chi connectivity index (χ3v) is 2.85. The van der Waals surface area contributed by atoms with Crippen molar-refractivity contribution in [2.24, 2.45) is 0 Å². The first-order valence-corrected chi connectivity index (χ1v) is 6.06. The molecule has 0 unspecified atom stereocenters. The van der Waals surface area contributed by atoms with E-state index >= 15 is 0 Å². The molecule has 0 atom stereocenters. The molecule has 100 valence electrons. The highest BCUT2D eigenvalue weighted by Gasteiger charge is 2.13. The Hall–Kier alpha value is -1.82. The fourth-order valence-corrected chi connectivity index (χ4v) is 1.90. The number of nitrogens with two attached hydrogens (primary N) is 1. The average Bonchev–Trinajstić information content (AvgIpc) is 2.37. The van der Waals surface area contributed by atoms with E-state index in [1.807, 2.05) is 0 Å². The fourth-order valence-electron chi connectivity index (χ4n) is 1.49. The second-order valence-electron chi connectivity index (χ2n) is 3.71. The zero-order chi connectivity index (χ0) is 14.0. The predicted octanol–water partition coefficient (Wildman–Crippen LogP) is 4.11. The summed E-state index contributed by atoms with van der Waals surface area (Å²) in [5.41, 5.74) is 6.08. The number of rotatable bonds is 3. The van der Waals surface area contributed by atoms with Gasteiger partial charge in [0.05, 0.1) is 12.8 Å². The molecule has 0 saturated carbocycles. The number of hydrogen-bond donors (Lipinski definition) is 1. The van der Waals surface area contributed by atoms with Gasteiger partial charge in [-0.2, -0.15) is 4.39 Å². The number of nitrogen functional groups attached to an aromatic ring is 1. The molecule has 0 amide bonds. The molecule has 2 aromatic rings. The predicted molar refractivity (Wildman–Crippen MR) is 71.5 cm³/mol. The molecule has 0 radical (unpaired) electrons. The number of halogens is 3. The van der Waals surface area contributed by atoms with Gasteiger partial charge in [0.15, 0.2) is 11.6 Å². The van der Waals surface area contributed by atoms with Crippen LogP contribution in [0.25, 0.3) is 0 Å². The standard InChI is InChI=1S/C13H10BrF2NO2/c1-18-11-6-8(2-3-10(11)17)19-12-5-7(14)4-9(15)13(12)16/h2-6H,17H2,1H3. The summed E-state index contributed by atoms with van der Waals surface area (Å²) in [4.78, 5) is 0. The van der Waals surface area contributed by atoms with E-state index in [-0.39, 0.29) is 5.75 Å². The van der Waals surface area contributed by atoms with Crippen LogP contribution in [0.2, 0.25) is 0 Å². The van der Waals surface area contributed by atoms with Crippen LogP contribution in [-0.4, -0.2) is 7.11 Å². The second kappa shape index (κ2) is 5.44. The molecule has 0 aliphatic heterocycles. The first-order valence-electron chi connectivity index (χ1n) is 5.27. The molecule has 0 fully saturated rings. The Bertz CT molecular complexity index is 620. The normalized spacial score (nSPS) is 10.3. The summed E-state index contributed by atoms with van der Waals surface area (Å²) in [7, 11) is 1.45. The van der Waals surface area contributed by atoms with E-state index in [2.05, 4.69) is 15.9 Å². The Balaban J connectivity index is 2.36. The van der Waals surface area contributed by atoms with Crippen molar-refractivity contribution in [1.82, 2.24) is 0 Å². The zero-order valence-corrected chi connectivity index (χ0v) is 11.5. The van der Waals surface area contributed by atoms with E-state index in [1.54, 1.807) is 6.07 Å². The minimum absolute atomic E-state index is 0.223. The Morgan fingerprint density at radius 3 is 2.53 bits per heavy atom. The molecule has 0 heterocycles. The lowest BCUT2D eigenvalue weighted by Crippen LogP contribution is -1.95. The third kappa shape index (κ3) is 2.96. The van der Waals surface area contributed by atoms with E-state index in [0.717, 1.165) is 6.07 Å². The van der Waals surface area contributed by atoms with Gasteiger partial charge in [0.2, 0.25) is 5.82 Å². The van der Waals surface area contributed by atoms with Crippen molar-refractivity contribution < 1.29 is 18.3 Å². The number of anilines is 1. The smallest absolute Gasteiger partial charge is 0.201 e. The maximum Gasteiger partial charge on any atom is 0.201 e. The maximum absolute atomic E-state index is 13.6. The Kier molecular flexibility index (Phi) is 3.90. The topological polar surface area (TPSA) is 44.5 Å². The van der Waals surface area contributed by atoms with Crippen LogP contribution >= 0.6 is 15.9 Å². The van der Waals surface area contributed by atoms with Crippen molar-refractivity contribution in [2.75, 3.05) is 12.8 Å². The van der Waals surface area contributed by atoms with Crippen LogP contribution in [-0.2, 0) is 0 Å². The van der Waals surface area contributed by atoms with Gasteiger partial charge in [-0.3, -0.25) is 0 Å². The van der Waals surface area contributed by atoms with E-state index in [4.69, 9.17) is 15.2 Å². The number of benzene rings is 2. The molecule has 0 spiro atoms. The Morgan fingerprint density at radius 2 is 1.84 bits per heavy atom. The van der Waals surface area contributed by atoms with Crippen molar-refractivity contribution >= 4 is 21.6 Å². The third-order valence-electron chi connectivity index (χ3n) is 2.39. The average molecular weight is 330 g/mol.